The minimum absolute atomic E-state index is 0.0722. The first-order valence-electron chi connectivity index (χ1n) is 39.6. The molecule has 14 rings (SSSR count). The van der Waals surface area contributed by atoms with Gasteiger partial charge in [-0.25, -0.2) is 14.7 Å². The lowest BCUT2D eigenvalue weighted by molar-refractivity contribution is -0.334. The summed E-state index contributed by atoms with van der Waals surface area (Å²) in [5, 5.41) is 129. The smallest absolute Gasteiger partial charge is 0.349 e. The molecule has 682 valence electrons. The predicted molar refractivity (Wildman–Crippen MR) is 446 cm³/mol. The van der Waals surface area contributed by atoms with Crippen molar-refractivity contribution < 1.29 is 132 Å². The number of benzene rings is 6. The first-order chi connectivity index (χ1) is 60.7. The highest BCUT2D eigenvalue weighted by Gasteiger charge is 2.52. The van der Waals surface area contributed by atoms with Crippen LogP contribution in [0.5, 0.6) is 46.0 Å². The van der Waals surface area contributed by atoms with E-state index < -0.39 is 283 Å². The number of aromatic nitrogens is 2. The van der Waals surface area contributed by atoms with Gasteiger partial charge >= 0.3 is 5.69 Å². The molecular formula is C83H90Cl3FN14O27. The van der Waals surface area contributed by atoms with Gasteiger partial charge in [-0.05, 0) is 145 Å². The molecule has 128 heavy (non-hydrogen) atoms. The summed E-state index contributed by atoms with van der Waals surface area (Å²) < 4.78 is 54.2. The van der Waals surface area contributed by atoms with Crippen molar-refractivity contribution in [2.24, 2.45) is 17.4 Å². The highest BCUT2D eigenvalue weighted by atomic mass is 35.5. The second kappa shape index (κ2) is 40.4. The number of aliphatic hydroxyl groups is 6. The minimum Gasteiger partial charge on any atom is -0.508 e. The molecule has 0 saturated carbocycles. The van der Waals surface area contributed by atoms with Crippen molar-refractivity contribution in [1.29, 1.82) is 0 Å². The summed E-state index contributed by atoms with van der Waals surface area (Å²) in [5.74, 6) is -18.9. The topological polar surface area (TPSA) is 625 Å². The quantitative estimate of drug-likeness (QED) is 0.0312. The zero-order valence-electron chi connectivity index (χ0n) is 68.3. The number of amides is 10. The highest BCUT2D eigenvalue weighted by Crippen LogP contribution is 2.50. The first kappa shape index (κ1) is 94.9. The average molecular weight is 1840 g/mol. The van der Waals surface area contributed by atoms with Crippen LogP contribution in [0.4, 0.5) is 10.2 Å². The molecule has 1 aromatic heterocycles. The lowest BCUT2D eigenvalue weighted by Crippen LogP contribution is -2.65. The second-order valence-electron chi connectivity index (χ2n) is 31.2. The van der Waals surface area contributed by atoms with E-state index in [0.717, 1.165) is 84.9 Å². The van der Waals surface area contributed by atoms with Gasteiger partial charge in [-0.3, -0.25) is 57.4 Å². The number of hydrogen-bond acceptors (Lipinski definition) is 30. The Morgan fingerprint density at radius 3 is 2.01 bits per heavy atom. The number of aliphatic hydroxyl groups excluding tert-OH is 6. The molecule has 7 aliphatic heterocycles. The fraction of sp³-hybridized carbons (Fsp3) is 0.373. The standard InChI is InChI=1S/C83H90Cl3FN14O27/c1-33(2)20-47(90-5)74(114)98-65-67(109)37-9-13-51(44(85)23-37)124-53-25-39-26-54(71(53)128-81-72(70(112)69(111)55(31-102)126-81)127-60-30-83(4,73(113)34(3)123-60)91-17-19-101-18-16-58(94-82(101)121)93-59(108)15-7-35-6-11-46(87)43(84)21-35)125-52-14-10-38(24-45(52)86)68(110)66-79(119)97-64(80(120)100-122-32-57(89)107)42-27-40(103)28-50(105)61(42)41-22-36(8-12-49(41)104)62(76(116)99-66)96-77(117)63(39)95-75(115)48(29-56(88)106)92-78(65)118/h6-16,18,21-28,33-34,47-48,55,60,62-70,72-73,81,90-91,102-105,109-113H,17,19-20,29-32H2,1-5H3,(H2,88,106)(H2,89,107)(H,92,118)(H,95,115)(H,96,117)(H,97,119)(H,98,114)(H,99,116)(H,100,120)(H,93,94,108,121)/b15-7+/t34-,47+,48-,55+,60-,62+,63+,64+,65+,66-,67+,68+,69+,70-,72+,73+,81-,83-/m0/s1. The molecule has 2 fully saturated rings. The fourth-order valence-electron chi connectivity index (χ4n) is 15.0. The van der Waals surface area contributed by atoms with Crippen molar-refractivity contribution >= 4 is 106 Å². The number of carbonyl (C=O) groups is 10. The first-order valence-corrected chi connectivity index (χ1v) is 40.7. The van der Waals surface area contributed by atoms with Gasteiger partial charge in [-0.1, -0.05) is 72.9 Å². The van der Waals surface area contributed by atoms with Crippen molar-refractivity contribution in [3.8, 4) is 57.1 Å². The van der Waals surface area contributed by atoms with E-state index >= 15 is 24.0 Å². The van der Waals surface area contributed by atoms with E-state index in [9.17, 15) is 79.1 Å². The van der Waals surface area contributed by atoms with Crippen LogP contribution in [0.25, 0.3) is 17.2 Å². The van der Waals surface area contributed by atoms with Gasteiger partial charge in [0.1, 0.15) is 107 Å². The third-order valence-electron chi connectivity index (χ3n) is 21.5. The number of anilines is 1. The number of primary amides is 2. The van der Waals surface area contributed by atoms with Gasteiger partial charge in [0.15, 0.2) is 30.5 Å². The number of carbonyl (C=O) groups excluding carboxylic acids is 10. The van der Waals surface area contributed by atoms with Crippen LogP contribution in [0.2, 0.25) is 15.1 Å². The van der Waals surface area contributed by atoms with Crippen LogP contribution in [0.15, 0.2) is 120 Å². The monoisotopic (exact) mass is 1840 g/mol. The lowest BCUT2D eigenvalue weighted by Gasteiger charge is -2.48. The zero-order chi connectivity index (χ0) is 92.8. The molecule has 6 aromatic carbocycles. The SMILES string of the molecule is CN[C@H](CC(C)C)C(=O)N[C@H]1C(=O)N[C@@H](CC(N)=O)C(=O)N[C@H]2C(=O)N[C@H]3C(=O)N[C@H](C(=O)N[C@@H](C(=O)NOCC(N)=O)c4cc(O)cc(O)c4-c4cc3ccc4O)[C@H](O)c3ccc(c(Cl)c3)Oc3cc2cc(c3O[C@@H]2O[C@H](CO)[C@@H](O)[C@H](O)[C@H]2O[C@H]2C[C@](C)(NCCn3ccc(NC(=O)/C=C/c4ccc(F)c(Cl)c4)nc3=O)[C@H](O)[C@H](C)O2)Oc2ccc(cc2Cl)[C@H]1O. The molecule has 0 spiro atoms. The summed E-state index contributed by atoms with van der Waals surface area (Å²) in [6, 6.07) is 3.81. The molecule has 23 N–H and O–H groups in total. The number of phenols is 3. The summed E-state index contributed by atoms with van der Waals surface area (Å²) in [5.41, 5.74) is 8.04. The third kappa shape index (κ3) is 21.8. The van der Waals surface area contributed by atoms with E-state index in [-0.39, 0.29) is 53.8 Å². The maximum absolute atomic E-state index is 16.3. The second-order valence-corrected chi connectivity index (χ2v) is 32.4. The maximum atomic E-state index is 16.3. The van der Waals surface area contributed by atoms with Gasteiger partial charge < -0.3 is 134 Å². The van der Waals surface area contributed by atoms with Crippen LogP contribution < -0.4 is 84.7 Å². The third-order valence-corrected chi connectivity index (χ3v) is 22.4. The summed E-state index contributed by atoms with van der Waals surface area (Å²) in [7, 11) is 1.46. The molecule has 8 heterocycles. The summed E-state index contributed by atoms with van der Waals surface area (Å²) in [6.45, 7) is 4.47. The number of hydrogen-bond donors (Lipinski definition) is 21. The van der Waals surface area contributed by atoms with E-state index in [1.54, 1.807) is 20.8 Å². The van der Waals surface area contributed by atoms with Crippen molar-refractivity contribution in [2.45, 2.75) is 163 Å². The van der Waals surface area contributed by atoms with E-state index in [2.05, 4.69) is 52.8 Å². The van der Waals surface area contributed by atoms with E-state index in [4.69, 9.17) is 79.5 Å². The number of nitrogens with zero attached hydrogens (tertiary/aromatic N) is 2. The summed E-state index contributed by atoms with van der Waals surface area (Å²) >= 11 is 20.2. The Hall–Kier alpha value is -12.2. The number of nitrogens with two attached hydrogens (primary N) is 2. The van der Waals surface area contributed by atoms with Crippen LogP contribution in [-0.4, -0.2) is 220 Å². The number of aromatic hydroxyl groups is 3. The largest absolute Gasteiger partial charge is 0.508 e. The number of nitrogens with one attached hydrogen (secondary N) is 10. The number of phenolic OH excluding ortho intramolecular Hbond substituents is 3. The predicted octanol–water partition coefficient (Wildman–Crippen LogP) is 0.887. The number of likely N-dealkylation sites (N-methyl/N-ethyl adjacent to an activating group) is 1. The lowest BCUT2D eigenvalue weighted by atomic mass is 9.85. The van der Waals surface area contributed by atoms with Crippen LogP contribution in [0.1, 0.15) is 111 Å². The van der Waals surface area contributed by atoms with Gasteiger partial charge in [-0.15, -0.1) is 0 Å². The Morgan fingerprint density at radius 2 is 1.38 bits per heavy atom. The molecule has 11 bridgehead atoms. The fourth-order valence-corrected chi connectivity index (χ4v) is 15.6. The van der Waals surface area contributed by atoms with Crippen LogP contribution >= 0.6 is 34.8 Å². The maximum Gasteiger partial charge on any atom is 0.349 e. The Labute approximate surface area is 740 Å². The van der Waals surface area contributed by atoms with Gasteiger partial charge in [0, 0.05) is 54.5 Å². The number of hydroxylamine groups is 1. The molecule has 2 saturated heterocycles. The molecular weight excluding hydrogens is 1750 g/mol. The zero-order valence-corrected chi connectivity index (χ0v) is 70.6. The number of rotatable bonds is 23. The summed E-state index contributed by atoms with van der Waals surface area (Å²) in [4.78, 5) is 167. The molecule has 41 nitrogen and oxygen atoms in total. The molecule has 7 aromatic rings. The van der Waals surface area contributed by atoms with Crippen molar-refractivity contribution in [2.75, 3.05) is 32.1 Å². The molecule has 7 aliphatic rings. The highest BCUT2D eigenvalue weighted by molar-refractivity contribution is 6.32. The van der Waals surface area contributed by atoms with Gasteiger partial charge in [-0.2, -0.15) is 4.98 Å². The van der Waals surface area contributed by atoms with Crippen molar-refractivity contribution in [3.05, 3.63) is 180 Å². The van der Waals surface area contributed by atoms with Gasteiger partial charge in [0.2, 0.25) is 65.2 Å². The van der Waals surface area contributed by atoms with E-state index in [0.29, 0.717) is 5.56 Å². The molecule has 45 heteroatoms. The minimum atomic E-state index is -2.43. The van der Waals surface area contributed by atoms with Crippen molar-refractivity contribution in [1.82, 2.24) is 57.6 Å². The number of halogens is 4. The Kier molecular flexibility index (Phi) is 29.9. The molecule has 18 atom stereocenters. The Morgan fingerprint density at radius 1 is 0.719 bits per heavy atom. The molecule has 10 amide bonds. The number of fused-ring (bicyclic) bond motifs is 15. The molecule has 0 radical (unpaired) electrons. The van der Waals surface area contributed by atoms with E-state index in [1.165, 1.54) is 55.1 Å². The molecule has 0 aliphatic carbocycles. The van der Waals surface area contributed by atoms with Crippen LogP contribution in [-0.2, 0) is 73.5 Å². The Balaban J connectivity index is 0.994. The van der Waals surface area contributed by atoms with Crippen molar-refractivity contribution in [3.63, 3.8) is 0 Å². The van der Waals surface area contributed by atoms with Crippen LogP contribution in [0, 0.1) is 11.7 Å². The van der Waals surface area contributed by atoms with Crippen LogP contribution in [0.3, 0.4) is 0 Å². The summed E-state index contributed by atoms with van der Waals surface area (Å²) in [6.07, 6.45) is -16.1. The normalized spacial score (nSPS) is 25.6. The Bertz CT molecular complexity index is 5560. The number of ether oxygens (including phenoxy) is 6. The van der Waals surface area contributed by atoms with E-state index in [1.807, 2.05) is 5.48 Å². The van der Waals surface area contributed by atoms with Gasteiger partial charge in [0.25, 0.3) is 5.91 Å². The molecule has 0 unspecified atom stereocenters. The average Bonchev–Trinajstić information content (AvgIpc) is 0.755. The van der Waals surface area contributed by atoms with Gasteiger partial charge in [0.05, 0.1) is 46.3 Å².